The van der Waals surface area contributed by atoms with E-state index >= 15 is 0 Å². The van der Waals surface area contributed by atoms with Crippen LogP contribution in [0.5, 0.6) is 11.6 Å². The van der Waals surface area contributed by atoms with E-state index in [1.54, 1.807) is 24.3 Å². The summed E-state index contributed by atoms with van der Waals surface area (Å²) in [5.41, 5.74) is 1.41. The average Bonchev–Trinajstić information content (AvgIpc) is 3.11. The molecule has 9 heteroatoms. The van der Waals surface area contributed by atoms with Crippen molar-refractivity contribution < 1.29 is 19.6 Å². The van der Waals surface area contributed by atoms with Crippen molar-refractivity contribution in [2.45, 2.75) is 6.61 Å². The second-order valence-electron chi connectivity index (χ2n) is 6.61. The number of para-hydroxylation sites is 1. The van der Waals surface area contributed by atoms with E-state index in [-0.39, 0.29) is 22.6 Å². The minimum atomic E-state index is -0.616. The average molecular weight is 416 g/mol. The first-order valence-electron chi connectivity index (χ1n) is 9.23. The number of hydrogen-bond donors (Lipinski definition) is 2. The van der Waals surface area contributed by atoms with Gasteiger partial charge in [0, 0.05) is 23.1 Å². The highest BCUT2D eigenvalue weighted by molar-refractivity contribution is 5.97. The molecular weight excluding hydrogens is 400 g/mol. The van der Waals surface area contributed by atoms with E-state index in [4.69, 9.17) is 4.74 Å². The van der Waals surface area contributed by atoms with E-state index in [9.17, 15) is 20.0 Å². The first kappa shape index (κ1) is 19.8. The van der Waals surface area contributed by atoms with Crippen molar-refractivity contribution in [3.05, 3.63) is 94.0 Å². The van der Waals surface area contributed by atoms with Gasteiger partial charge in [0.2, 0.25) is 5.88 Å². The van der Waals surface area contributed by atoms with Crippen molar-refractivity contribution >= 4 is 28.2 Å². The van der Waals surface area contributed by atoms with Gasteiger partial charge in [-0.05, 0) is 35.9 Å². The van der Waals surface area contributed by atoms with Crippen LogP contribution in [-0.4, -0.2) is 20.9 Å². The van der Waals surface area contributed by atoms with Crippen LogP contribution in [0.2, 0.25) is 0 Å². The summed E-state index contributed by atoms with van der Waals surface area (Å²) in [4.78, 5) is 25.4. The van der Waals surface area contributed by atoms with Crippen molar-refractivity contribution in [3.63, 3.8) is 0 Å². The van der Waals surface area contributed by atoms with E-state index in [0.717, 1.165) is 11.3 Å². The number of nitrogens with zero attached hydrogens (tertiary/aromatic N) is 3. The zero-order valence-electron chi connectivity index (χ0n) is 16.1. The number of benzene rings is 3. The number of nitro benzene ring substituents is 1. The number of rotatable bonds is 6. The summed E-state index contributed by atoms with van der Waals surface area (Å²) >= 11 is 0. The van der Waals surface area contributed by atoms with Gasteiger partial charge in [-0.15, -0.1) is 10.2 Å². The Labute approximate surface area is 175 Å². The number of carbonyl (C=O) groups is 1. The first-order chi connectivity index (χ1) is 15.0. The van der Waals surface area contributed by atoms with Gasteiger partial charge < -0.3 is 14.8 Å². The molecule has 0 saturated carbocycles. The Morgan fingerprint density at radius 2 is 1.81 bits per heavy atom. The van der Waals surface area contributed by atoms with Crippen LogP contribution < -0.4 is 4.74 Å². The highest BCUT2D eigenvalue weighted by Crippen LogP contribution is 2.37. The molecule has 0 fully saturated rings. The molecule has 4 rings (SSSR count). The van der Waals surface area contributed by atoms with E-state index in [2.05, 4.69) is 15.2 Å². The third-order valence-electron chi connectivity index (χ3n) is 4.54. The lowest BCUT2D eigenvalue weighted by molar-refractivity contribution is -0.384. The Kier molecular flexibility index (Phi) is 5.39. The number of carbonyl (C=O) groups excluding carboxylic acids is 1. The Morgan fingerprint density at radius 1 is 1.06 bits per heavy atom. The number of H-pyrrole nitrogens is 1. The summed E-state index contributed by atoms with van der Waals surface area (Å²) in [5, 5.41) is 28.8. The second-order valence-corrected chi connectivity index (χ2v) is 6.61. The Bertz CT molecular complexity index is 1280. The Hall–Kier alpha value is -4.53. The highest BCUT2D eigenvalue weighted by Gasteiger charge is 2.15. The summed E-state index contributed by atoms with van der Waals surface area (Å²) in [6.45, 7) is 0.349. The number of aromatic nitrogens is 1. The monoisotopic (exact) mass is 416 g/mol. The third-order valence-corrected chi connectivity index (χ3v) is 4.54. The molecule has 2 N–H and O–H groups in total. The van der Waals surface area contributed by atoms with Gasteiger partial charge in [-0.3, -0.25) is 14.9 Å². The summed E-state index contributed by atoms with van der Waals surface area (Å²) in [6, 6.07) is 20.1. The number of non-ortho nitro benzene ring substituents is 1. The number of aromatic hydroxyl groups is 1. The molecule has 1 aromatic heterocycles. The fourth-order valence-electron chi connectivity index (χ4n) is 2.95. The number of nitrogens with one attached hydrogen (secondary N) is 1. The molecule has 0 spiro atoms. The normalized spacial score (nSPS) is 11.1. The molecule has 9 nitrogen and oxygen atoms in total. The molecule has 0 unspecified atom stereocenters. The lowest BCUT2D eigenvalue weighted by atomic mass is 10.1. The van der Waals surface area contributed by atoms with Gasteiger partial charge in [0.15, 0.2) is 5.69 Å². The molecule has 0 aliphatic heterocycles. The fraction of sp³-hybridized carbons (Fsp3) is 0.0455. The standard InChI is InChI=1S/C22H16N4O5/c27-21(15-8-6-14(7-9-15)13-31-17-4-2-1-3-5-17)25-24-20-18-12-16(26(29)30)10-11-19(18)23-22(20)28/h1-12,23,28H,13H2. The number of amides is 1. The molecular formula is C22H16N4O5. The molecule has 4 aromatic rings. The minimum Gasteiger partial charge on any atom is -0.493 e. The molecule has 0 saturated heterocycles. The summed E-state index contributed by atoms with van der Waals surface area (Å²) in [5.74, 6) is -0.203. The van der Waals surface area contributed by atoms with Crippen LogP contribution in [0.4, 0.5) is 11.4 Å². The summed E-state index contributed by atoms with van der Waals surface area (Å²) in [6.07, 6.45) is 0. The third kappa shape index (κ3) is 4.40. The molecule has 0 radical (unpaired) electrons. The zero-order chi connectivity index (χ0) is 21.8. The molecule has 0 aliphatic carbocycles. The lowest BCUT2D eigenvalue weighted by Crippen LogP contribution is -1.98. The minimum absolute atomic E-state index is 0.0417. The smallest absolute Gasteiger partial charge is 0.295 e. The molecule has 154 valence electrons. The van der Waals surface area contributed by atoms with Gasteiger partial charge in [-0.2, -0.15) is 0 Å². The predicted molar refractivity (Wildman–Crippen MR) is 113 cm³/mol. The Balaban J connectivity index is 1.48. The number of ether oxygens (including phenoxy) is 1. The van der Waals surface area contributed by atoms with Gasteiger partial charge in [-0.25, -0.2) is 0 Å². The number of fused-ring (bicyclic) bond motifs is 1. The topological polar surface area (TPSA) is 130 Å². The van der Waals surface area contributed by atoms with Gasteiger partial charge >= 0.3 is 0 Å². The number of hydrogen-bond acceptors (Lipinski definition) is 6. The van der Waals surface area contributed by atoms with Crippen LogP contribution in [0, 0.1) is 10.1 Å². The van der Waals surface area contributed by atoms with Gasteiger partial charge in [0.25, 0.3) is 11.6 Å². The van der Waals surface area contributed by atoms with E-state index in [1.807, 2.05) is 30.3 Å². The molecule has 0 aliphatic rings. The largest absolute Gasteiger partial charge is 0.493 e. The highest BCUT2D eigenvalue weighted by atomic mass is 16.6. The van der Waals surface area contributed by atoms with Crippen molar-refractivity contribution in [1.82, 2.24) is 4.98 Å². The zero-order valence-corrected chi connectivity index (χ0v) is 16.1. The fourth-order valence-corrected chi connectivity index (χ4v) is 2.95. The van der Waals surface area contributed by atoms with Gasteiger partial charge in [-0.1, -0.05) is 30.3 Å². The van der Waals surface area contributed by atoms with Crippen LogP contribution in [-0.2, 0) is 6.61 Å². The van der Waals surface area contributed by atoms with Crippen LogP contribution in [0.25, 0.3) is 10.9 Å². The van der Waals surface area contributed by atoms with Gasteiger partial charge in [0.1, 0.15) is 12.4 Å². The molecule has 0 bridgehead atoms. The molecule has 31 heavy (non-hydrogen) atoms. The summed E-state index contributed by atoms with van der Waals surface area (Å²) < 4.78 is 5.66. The summed E-state index contributed by atoms with van der Waals surface area (Å²) in [7, 11) is 0. The molecule has 1 heterocycles. The maximum Gasteiger partial charge on any atom is 0.295 e. The van der Waals surface area contributed by atoms with Crippen molar-refractivity contribution in [1.29, 1.82) is 0 Å². The quantitative estimate of drug-likeness (QED) is 0.251. The van der Waals surface area contributed by atoms with Crippen LogP contribution in [0.15, 0.2) is 83.0 Å². The van der Waals surface area contributed by atoms with E-state index < -0.39 is 10.8 Å². The van der Waals surface area contributed by atoms with Crippen molar-refractivity contribution in [3.8, 4) is 11.6 Å². The maximum absolute atomic E-state index is 12.4. The Morgan fingerprint density at radius 3 is 2.52 bits per heavy atom. The maximum atomic E-state index is 12.4. The van der Waals surface area contributed by atoms with Gasteiger partial charge in [0.05, 0.1) is 10.4 Å². The SMILES string of the molecule is O=C(N=Nc1c(O)[nH]c2ccc([N+](=O)[O-])cc12)c1ccc(COc2ccccc2)cc1. The predicted octanol–water partition coefficient (Wildman–Crippen LogP) is 5.28. The molecule has 3 aromatic carbocycles. The van der Waals surface area contributed by atoms with E-state index in [0.29, 0.717) is 17.7 Å². The van der Waals surface area contributed by atoms with Crippen LogP contribution in [0.1, 0.15) is 15.9 Å². The number of azo groups is 1. The lowest BCUT2D eigenvalue weighted by Gasteiger charge is -2.06. The molecule has 1 amide bonds. The van der Waals surface area contributed by atoms with Crippen molar-refractivity contribution in [2.24, 2.45) is 10.2 Å². The van der Waals surface area contributed by atoms with Crippen LogP contribution in [0.3, 0.4) is 0 Å². The van der Waals surface area contributed by atoms with Crippen molar-refractivity contribution in [2.75, 3.05) is 0 Å². The first-order valence-corrected chi connectivity index (χ1v) is 9.23. The second kappa shape index (κ2) is 8.46. The van der Waals surface area contributed by atoms with E-state index in [1.165, 1.54) is 18.2 Å². The number of aromatic amines is 1. The number of nitro groups is 1. The van der Waals surface area contributed by atoms with Crippen LogP contribution >= 0.6 is 0 Å². The molecule has 0 atom stereocenters.